The van der Waals surface area contributed by atoms with Crippen LogP contribution in [0.15, 0.2) is 0 Å². The molecule has 0 amide bonds. The lowest BCUT2D eigenvalue weighted by Crippen LogP contribution is -2.10. The van der Waals surface area contributed by atoms with E-state index in [9.17, 15) is 0 Å². The molecule has 0 heterocycles. The van der Waals surface area contributed by atoms with Crippen LogP contribution >= 0.6 is 12.6 Å². The van der Waals surface area contributed by atoms with Gasteiger partial charge in [-0.25, -0.2) is 0 Å². The highest BCUT2D eigenvalue weighted by Crippen LogP contribution is 2.05. The van der Waals surface area contributed by atoms with Crippen molar-refractivity contribution in [3.8, 4) is 0 Å². The Morgan fingerprint density at radius 3 is 2.44 bits per heavy atom. The van der Waals surface area contributed by atoms with E-state index in [4.69, 9.17) is 5.73 Å². The predicted molar refractivity (Wildman–Crippen MR) is 45.7 cm³/mol. The third kappa shape index (κ3) is 8.31. The maximum Gasteiger partial charge on any atom is 0.0477 e. The summed E-state index contributed by atoms with van der Waals surface area (Å²) in [5, 5.41) is 0.0989. The first-order valence-electron chi connectivity index (χ1n) is 3.71. The zero-order chi connectivity index (χ0) is 7.11. The van der Waals surface area contributed by atoms with Gasteiger partial charge in [0.25, 0.3) is 0 Å². The van der Waals surface area contributed by atoms with Gasteiger partial charge in [0.2, 0.25) is 0 Å². The lowest BCUT2D eigenvalue weighted by Gasteiger charge is -2.01. The molecule has 0 aromatic rings. The van der Waals surface area contributed by atoms with Gasteiger partial charge in [-0.15, -0.1) is 0 Å². The van der Waals surface area contributed by atoms with Crippen molar-refractivity contribution in [3.63, 3.8) is 0 Å². The van der Waals surface area contributed by atoms with Crippen LogP contribution in [0.5, 0.6) is 0 Å². The Balaban J connectivity index is 2.75. The summed E-state index contributed by atoms with van der Waals surface area (Å²) >= 11 is 4.08. The van der Waals surface area contributed by atoms with Crippen LogP contribution in [0.3, 0.4) is 0 Å². The highest BCUT2D eigenvalue weighted by Gasteiger charge is 1.92. The number of hydrogen-bond acceptors (Lipinski definition) is 2. The molecule has 0 fully saturated rings. The number of thiol groups is 1. The second-order valence-corrected chi connectivity index (χ2v) is 3.08. The molecule has 1 atom stereocenters. The number of hydrogen-bond donors (Lipinski definition) is 2. The molecule has 0 radical (unpaired) electrons. The molecule has 0 aliphatic carbocycles. The van der Waals surface area contributed by atoms with Crippen LogP contribution in [-0.4, -0.2) is 5.37 Å². The molecular weight excluding hydrogens is 130 g/mol. The van der Waals surface area contributed by atoms with Crippen molar-refractivity contribution < 1.29 is 0 Å². The second-order valence-electron chi connectivity index (χ2n) is 2.42. The minimum atomic E-state index is 0.0989. The zero-order valence-corrected chi connectivity index (χ0v) is 7.03. The van der Waals surface area contributed by atoms with E-state index < -0.39 is 0 Å². The molecule has 1 nitrogen and oxygen atoms in total. The van der Waals surface area contributed by atoms with E-state index in [1.807, 2.05) is 0 Å². The fourth-order valence-electron chi connectivity index (χ4n) is 0.780. The minimum absolute atomic E-state index is 0.0989. The number of rotatable bonds is 5. The highest BCUT2D eigenvalue weighted by atomic mass is 32.1. The molecule has 9 heavy (non-hydrogen) atoms. The van der Waals surface area contributed by atoms with E-state index >= 15 is 0 Å². The molecule has 2 N–H and O–H groups in total. The first-order valence-corrected chi connectivity index (χ1v) is 4.22. The van der Waals surface area contributed by atoms with Gasteiger partial charge in [-0.05, 0) is 6.42 Å². The molecule has 56 valence electrons. The van der Waals surface area contributed by atoms with Gasteiger partial charge in [-0.1, -0.05) is 32.6 Å². The van der Waals surface area contributed by atoms with E-state index in [1.54, 1.807) is 0 Å². The lowest BCUT2D eigenvalue weighted by molar-refractivity contribution is 0.625. The summed E-state index contributed by atoms with van der Waals surface area (Å²) in [6, 6.07) is 0. The molecule has 0 aliphatic rings. The topological polar surface area (TPSA) is 26.0 Å². The van der Waals surface area contributed by atoms with Gasteiger partial charge in [0, 0.05) is 5.37 Å². The molecule has 0 bridgehead atoms. The quantitative estimate of drug-likeness (QED) is 0.348. The summed E-state index contributed by atoms with van der Waals surface area (Å²) in [4.78, 5) is 0. The number of unbranched alkanes of at least 4 members (excludes halogenated alkanes) is 3. The van der Waals surface area contributed by atoms with Crippen LogP contribution in [0, 0.1) is 0 Å². The SMILES string of the molecule is CCCCCCC(N)S. The van der Waals surface area contributed by atoms with Crippen molar-refractivity contribution in [3.05, 3.63) is 0 Å². The summed E-state index contributed by atoms with van der Waals surface area (Å²) in [5.41, 5.74) is 5.44. The van der Waals surface area contributed by atoms with Crippen molar-refractivity contribution in [1.29, 1.82) is 0 Å². The molecular formula is C7H17NS. The third-order valence-corrected chi connectivity index (χ3v) is 1.61. The standard InChI is InChI=1S/C7H17NS/c1-2-3-4-5-6-7(8)9/h7,9H,2-6,8H2,1H3. The fraction of sp³-hybridized carbons (Fsp3) is 1.00. The maximum absolute atomic E-state index is 5.44. The van der Waals surface area contributed by atoms with Crippen LogP contribution < -0.4 is 5.73 Å². The molecule has 2 heteroatoms. The van der Waals surface area contributed by atoms with E-state index in [-0.39, 0.29) is 5.37 Å². The van der Waals surface area contributed by atoms with Gasteiger partial charge in [0.15, 0.2) is 0 Å². The maximum atomic E-state index is 5.44. The van der Waals surface area contributed by atoms with Crippen molar-refractivity contribution in [2.75, 3.05) is 0 Å². The van der Waals surface area contributed by atoms with Crippen LogP contribution in [0.4, 0.5) is 0 Å². The molecule has 0 aromatic heterocycles. The molecule has 0 saturated heterocycles. The Kier molecular flexibility index (Phi) is 6.65. The fourth-order valence-corrected chi connectivity index (χ4v) is 0.963. The smallest absolute Gasteiger partial charge is 0.0477 e. The first-order chi connectivity index (χ1) is 4.27. The third-order valence-electron chi connectivity index (χ3n) is 1.35. The monoisotopic (exact) mass is 147 g/mol. The van der Waals surface area contributed by atoms with Gasteiger partial charge in [-0.3, -0.25) is 0 Å². The Labute approximate surface area is 63.4 Å². The Hall–Kier alpha value is 0.310. The van der Waals surface area contributed by atoms with Crippen molar-refractivity contribution in [2.24, 2.45) is 5.73 Å². The number of nitrogens with two attached hydrogens (primary N) is 1. The molecule has 0 spiro atoms. The second kappa shape index (κ2) is 6.43. The average Bonchev–Trinajstić information content (AvgIpc) is 1.80. The molecule has 0 aliphatic heterocycles. The molecule has 0 saturated carbocycles. The van der Waals surface area contributed by atoms with Crippen molar-refractivity contribution in [2.45, 2.75) is 44.4 Å². The van der Waals surface area contributed by atoms with Gasteiger partial charge in [-0.2, -0.15) is 12.6 Å². The normalized spacial score (nSPS) is 13.7. The highest BCUT2D eigenvalue weighted by molar-refractivity contribution is 7.80. The first kappa shape index (κ1) is 9.31. The van der Waals surface area contributed by atoms with Gasteiger partial charge in [0.1, 0.15) is 0 Å². The Morgan fingerprint density at radius 1 is 1.33 bits per heavy atom. The summed E-state index contributed by atoms with van der Waals surface area (Å²) in [6.45, 7) is 2.21. The lowest BCUT2D eigenvalue weighted by atomic mass is 10.1. The summed E-state index contributed by atoms with van der Waals surface area (Å²) < 4.78 is 0. The predicted octanol–water partition coefficient (Wildman–Crippen LogP) is 2.17. The zero-order valence-electron chi connectivity index (χ0n) is 6.14. The van der Waals surface area contributed by atoms with Gasteiger partial charge in [0.05, 0.1) is 0 Å². The van der Waals surface area contributed by atoms with Crippen molar-refractivity contribution >= 4 is 12.6 Å². The molecule has 1 unspecified atom stereocenters. The summed E-state index contributed by atoms with van der Waals surface area (Å²) in [5.74, 6) is 0. The van der Waals surface area contributed by atoms with Crippen LogP contribution in [-0.2, 0) is 0 Å². The minimum Gasteiger partial charge on any atom is -0.320 e. The van der Waals surface area contributed by atoms with Crippen LogP contribution in [0.25, 0.3) is 0 Å². The largest absolute Gasteiger partial charge is 0.320 e. The van der Waals surface area contributed by atoms with Gasteiger partial charge >= 0.3 is 0 Å². The Morgan fingerprint density at radius 2 is 2.00 bits per heavy atom. The molecule has 0 aromatic carbocycles. The average molecular weight is 147 g/mol. The summed E-state index contributed by atoms with van der Waals surface area (Å²) in [7, 11) is 0. The van der Waals surface area contributed by atoms with Crippen LogP contribution in [0.2, 0.25) is 0 Å². The molecule has 0 rings (SSSR count). The van der Waals surface area contributed by atoms with Crippen LogP contribution in [0.1, 0.15) is 39.0 Å². The van der Waals surface area contributed by atoms with E-state index in [1.165, 1.54) is 25.7 Å². The van der Waals surface area contributed by atoms with E-state index in [2.05, 4.69) is 19.6 Å². The van der Waals surface area contributed by atoms with E-state index in [0.717, 1.165) is 6.42 Å². The Bertz CT molecular complexity index is 54.9. The summed E-state index contributed by atoms with van der Waals surface area (Å²) in [6.07, 6.45) is 6.23. The van der Waals surface area contributed by atoms with E-state index in [0.29, 0.717) is 0 Å². The van der Waals surface area contributed by atoms with Gasteiger partial charge < -0.3 is 5.73 Å². The van der Waals surface area contributed by atoms with Crippen molar-refractivity contribution in [1.82, 2.24) is 0 Å².